The largest absolute Gasteiger partial charge is 0.394 e. The van der Waals surface area contributed by atoms with Gasteiger partial charge in [-0.2, -0.15) is 0 Å². The van der Waals surface area contributed by atoms with Gasteiger partial charge >= 0.3 is 0 Å². The van der Waals surface area contributed by atoms with E-state index in [1.165, 1.54) is 0 Å². The smallest absolute Gasteiger partial charge is 0.0757 e. The highest BCUT2D eigenvalue weighted by Crippen LogP contribution is 2.22. The lowest BCUT2D eigenvalue weighted by Crippen LogP contribution is -2.52. The molecule has 0 aliphatic carbocycles. The van der Waals surface area contributed by atoms with Gasteiger partial charge in [0.1, 0.15) is 0 Å². The van der Waals surface area contributed by atoms with E-state index in [0.29, 0.717) is 6.10 Å². The summed E-state index contributed by atoms with van der Waals surface area (Å²) in [6, 6.07) is 0. The van der Waals surface area contributed by atoms with Crippen LogP contribution in [0.2, 0.25) is 0 Å². The van der Waals surface area contributed by atoms with E-state index in [4.69, 9.17) is 4.74 Å². The summed E-state index contributed by atoms with van der Waals surface area (Å²) >= 11 is 0. The lowest BCUT2D eigenvalue weighted by Gasteiger charge is -2.42. The minimum absolute atomic E-state index is 0.0422. The molecule has 0 radical (unpaired) electrons. The van der Waals surface area contributed by atoms with Crippen molar-refractivity contribution in [3.63, 3.8) is 0 Å². The fourth-order valence-electron chi connectivity index (χ4n) is 3.15. The Kier molecular flexibility index (Phi) is 6.24. The van der Waals surface area contributed by atoms with Crippen LogP contribution in [0, 0.1) is 0 Å². The molecule has 0 spiro atoms. The zero-order chi connectivity index (χ0) is 14.5. The topological polar surface area (TPSA) is 44.7 Å². The Bertz CT molecular complexity index is 257. The molecular weight excluding hydrogens is 240 g/mol. The number of nitrogens with one attached hydrogen (secondary N) is 1. The predicted molar refractivity (Wildman–Crippen MR) is 79.5 cm³/mol. The van der Waals surface area contributed by atoms with E-state index in [9.17, 15) is 5.11 Å². The van der Waals surface area contributed by atoms with E-state index in [1.54, 1.807) is 0 Å². The number of likely N-dealkylation sites (N-methyl/N-ethyl adjacent to an activating group) is 1. The molecule has 1 saturated heterocycles. The third kappa shape index (κ3) is 5.03. The summed E-state index contributed by atoms with van der Waals surface area (Å²) in [5.74, 6) is 0. The molecule has 0 bridgehead atoms. The average molecular weight is 272 g/mol. The number of nitrogens with zero attached hydrogens (tertiary/aromatic N) is 1. The maximum Gasteiger partial charge on any atom is 0.0757 e. The number of morpholine rings is 1. The minimum Gasteiger partial charge on any atom is -0.394 e. The Hall–Kier alpha value is -0.160. The minimum atomic E-state index is -0.104. The van der Waals surface area contributed by atoms with Crippen molar-refractivity contribution in [1.82, 2.24) is 10.2 Å². The van der Waals surface area contributed by atoms with Crippen LogP contribution in [0.5, 0.6) is 0 Å². The van der Waals surface area contributed by atoms with Gasteiger partial charge in [-0.15, -0.1) is 0 Å². The van der Waals surface area contributed by atoms with Gasteiger partial charge in [-0.05, 0) is 53.6 Å². The molecule has 0 saturated carbocycles. The standard InChI is InChI=1S/C15H32N2O2/c1-6-15(12-18,16-5)8-7-9-17-10-13(2)19-14(3,4)11-17/h13,16,18H,6-12H2,1-5H3. The van der Waals surface area contributed by atoms with Gasteiger partial charge < -0.3 is 15.2 Å². The van der Waals surface area contributed by atoms with Gasteiger partial charge in [0.15, 0.2) is 0 Å². The Labute approximate surface area is 118 Å². The zero-order valence-corrected chi connectivity index (χ0v) is 13.3. The molecular formula is C15H32N2O2. The highest BCUT2D eigenvalue weighted by molar-refractivity contribution is 4.86. The fraction of sp³-hybridized carbons (Fsp3) is 1.00. The van der Waals surface area contributed by atoms with E-state index < -0.39 is 0 Å². The number of hydrogen-bond donors (Lipinski definition) is 2. The number of aliphatic hydroxyl groups is 1. The van der Waals surface area contributed by atoms with Gasteiger partial charge in [-0.25, -0.2) is 0 Å². The highest BCUT2D eigenvalue weighted by atomic mass is 16.5. The molecule has 1 aliphatic rings. The zero-order valence-electron chi connectivity index (χ0n) is 13.3. The summed E-state index contributed by atoms with van der Waals surface area (Å²) in [4.78, 5) is 2.49. The van der Waals surface area contributed by atoms with Crippen molar-refractivity contribution in [2.75, 3.05) is 33.3 Å². The van der Waals surface area contributed by atoms with Crippen LogP contribution in [0.25, 0.3) is 0 Å². The lowest BCUT2D eigenvalue weighted by molar-refractivity contribution is -0.129. The van der Waals surface area contributed by atoms with Gasteiger partial charge in [0.25, 0.3) is 0 Å². The Morgan fingerprint density at radius 3 is 2.63 bits per heavy atom. The number of ether oxygens (including phenoxy) is 1. The van der Waals surface area contributed by atoms with Crippen molar-refractivity contribution in [3.05, 3.63) is 0 Å². The Balaban J connectivity index is 2.40. The summed E-state index contributed by atoms with van der Waals surface area (Å²) in [7, 11) is 1.94. The molecule has 114 valence electrons. The van der Waals surface area contributed by atoms with Crippen molar-refractivity contribution in [2.24, 2.45) is 0 Å². The van der Waals surface area contributed by atoms with Gasteiger partial charge in [-0.3, -0.25) is 4.90 Å². The van der Waals surface area contributed by atoms with Crippen molar-refractivity contribution in [3.8, 4) is 0 Å². The summed E-state index contributed by atoms with van der Waals surface area (Å²) in [6.07, 6.45) is 3.40. The second-order valence-corrected chi connectivity index (χ2v) is 6.57. The first-order valence-electron chi connectivity index (χ1n) is 7.56. The normalized spacial score (nSPS) is 27.2. The molecule has 4 heteroatoms. The van der Waals surface area contributed by atoms with E-state index in [1.807, 2.05) is 7.05 Å². The lowest BCUT2D eigenvalue weighted by atomic mass is 9.91. The van der Waals surface area contributed by atoms with Crippen molar-refractivity contribution in [2.45, 2.75) is 64.2 Å². The van der Waals surface area contributed by atoms with E-state index in [2.05, 4.69) is 37.9 Å². The van der Waals surface area contributed by atoms with Crippen molar-refractivity contribution < 1.29 is 9.84 Å². The molecule has 0 amide bonds. The second-order valence-electron chi connectivity index (χ2n) is 6.57. The molecule has 1 heterocycles. The number of hydrogen-bond acceptors (Lipinski definition) is 4. The monoisotopic (exact) mass is 272 g/mol. The van der Waals surface area contributed by atoms with E-state index in [-0.39, 0.29) is 17.7 Å². The van der Waals surface area contributed by atoms with Crippen molar-refractivity contribution >= 4 is 0 Å². The van der Waals surface area contributed by atoms with Crippen LogP contribution >= 0.6 is 0 Å². The van der Waals surface area contributed by atoms with Gasteiger partial charge in [0, 0.05) is 18.6 Å². The first-order valence-corrected chi connectivity index (χ1v) is 7.56. The maximum absolute atomic E-state index is 9.54. The molecule has 0 aromatic carbocycles. The third-order valence-electron chi connectivity index (χ3n) is 4.28. The van der Waals surface area contributed by atoms with Crippen LogP contribution in [0.4, 0.5) is 0 Å². The summed E-state index contributed by atoms with van der Waals surface area (Å²) in [5.41, 5.74) is -0.146. The van der Waals surface area contributed by atoms with Crippen LogP contribution < -0.4 is 5.32 Å². The first kappa shape index (κ1) is 16.9. The SMILES string of the molecule is CCC(CO)(CCCN1CC(C)OC(C)(C)C1)NC. The van der Waals surface area contributed by atoms with Gasteiger partial charge in [0.2, 0.25) is 0 Å². The molecule has 1 aliphatic heterocycles. The third-order valence-corrected chi connectivity index (χ3v) is 4.28. The van der Waals surface area contributed by atoms with Crippen LogP contribution in [0.1, 0.15) is 47.0 Å². The van der Waals surface area contributed by atoms with E-state index >= 15 is 0 Å². The van der Waals surface area contributed by atoms with Crippen LogP contribution in [0.3, 0.4) is 0 Å². The molecule has 0 aromatic rings. The van der Waals surface area contributed by atoms with Crippen LogP contribution in [0.15, 0.2) is 0 Å². The molecule has 19 heavy (non-hydrogen) atoms. The first-order chi connectivity index (χ1) is 8.86. The maximum atomic E-state index is 9.54. The number of aliphatic hydroxyl groups excluding tert-OH is 1. The highest BCUT2D eigenvalue weighted by Gasteiger charge is 2.31. The summed E-state index contributed by atoms with van der Waals surface area (Å²) < 4.78 is 5.92. The quantitative estimate of drug-likeness (QED) is 0.739. The molecule has 2 atom stereocenters. The fourth-order valence-corrected chi connectivity index (χ4v) is 3.15. The van der Waals surface area contributed by atoms with Gasteiger partial charge in [-0.1, -0.05) is 6.92 Å². The second kappa shape index (κ2) is 7.02. The Morgan fingerprint density at radius 2 is 2.16 bits per heavy atom. The summed E-state index contributed by atoms with van der Waals surface area (Å²) in [5, 5.41) is 12.8. The summed E-state index contributed by atoms with van der Waals surface area (Å²) in [6.45, 7) is 11.9. The predicted octanol–water partition coefficient (Wildman–Crippen LogP) is 1.63. The molecule has 2 unspecified atom stereocenters. The average Bonchev–Trinajstić information content (AvgIpc) is 2.33. The van der Waals surface area contributed by atoms with Crippen molar-refractivity contribution in [1.29, 1.82) is 0 Å². The van der Waals surface area contributed by atoms with Crippen LogP contribution in [-0.2, 0) is 4.74 Å². The Morgan fingerprint density at radius 1 is 1.47 bits per heavy atom. The molecule has 2 N–H and O–H groups in total. The van der Waals surface area contributed by atoms with Gasteiger partial charge in [0.05, 0.1) is 18.3 Å². The molecule has 1 rings (SSSR count). The molecule has 1 fully saturated rings. The van der Waals surface area contributed by atoms with E-state index in [0.717, 1.165) is 38.9 Å². The molecule has 4 nitrogen and oxygen atoms in total. The number of rotatable bonds is 7. The molecule has 0 aromatic heterocycles. The van der Waals surface area contributed by atoms with Crippen LogP contribution in [-0.4, -0.2) is 60.5 Å².